The third-order valence-electron chi connectivity index (χ3n) is 3.96. The molecule has 1 aliphatic rings. The summed E-state index contributed by atoms with van der Waals surface area (Å²) in [6.07, 6.45) is 0.379. The van der Waals surface area contributed by atoms with E-state index in [4.69, 9.17) is 15.0 Å². The molecule has 1 fully saturated rings. The molecule has 2 N–H and O–H groups in total. The van der Waals surface area contributed by atoms with Gasteiger partial charge >= 0.3 is 0 Å². The van der Waals surface area contributed by atoms with E-state index in [1.54, 1.807) is 17.9 Å². The maximum atomic E-state index is 12.8. The number of nitrogen functional groups attached to an aromatic ring is 1. The van der Waals surface area contributed by atoms with Crippen molar-refractivity contribution in [1.29, 1.82) is 0 Å². The minimum absolute atomic E-state index is 0.0715. The number of ether oxygens (including phenoxy) is 1. The van der Waals surface area contributed by atoms with E-state index in [9.17, 15) is 4.79 Å². The summed E-state index contributed by atoms with van der Waals surface area (Å²) in [6, 6.07) is 5.42. The summed E-state index contributed by atoms with van der Waals surface area (Å²) in [7, 11) is 0. The van der Waals surface area contributed by atoms with Crippen LogP contribution in [0.25, 0.3) is 0 Å². The van der Waals surface area contributed by atoms with E-state index in [0.29, 0.717) is 49.0 Å². The zero-order chi connectivity index (χ0) is 16.4. The first-order valence-corrected chi connectivity index (χ1v) is 7.68. The smallest absolute Gasteiger partial charge is 0.259 e. The summed E-state index contributed by atoms with van der Waals surface area (Å²) in [5, 5.41) is 3.96. The third kappa shape index (κ3) is 3.05. The van der Waals surface area contributed by atoms with Gasteiger partial charge in [-0.05, 0) is 25.5 Å². The van der Waals surface area contributed by atoms with Crippen LogP contribution in [0.5, 0.6) is 0 Å². The van der Waals surface area contributed by atoms with Crippen molar-refractivity contribution in [2.75, 3.05) is 25.4 Å². The Morgan fingerprint density at radius 3 is 3.04 bits per heavy atom. The van der Waals surface area contributed by atoms with E-state index in [0.717, 1.165) is 5.69 Å². The second-order valence-corrected chi connectivity index (χ2v) is 5.51. The number of carbonyl (C=O) groups excluding carboxylic acids is 1. The molecule has 0 unspecified atom stereocenters. The summed E-state index contributed by atoms with van der Waals surface area (Å²) < 4.78 is 10.9. The Balaban J connectivity index is 1.81. The van der Waals surface area contributed by atoms with Crippen LogP contribution in [0.3, 0.4) is 0 Å². The Labute approximate surface area is 134 Å². The van der Waals surface area contributed by atoms with Crippen LogP contribution in [0.4, 0.5) is 5.82 Å². The van der Waals surface area contributed by atoms with Crippen LogP contribution in [0.2, 0.25) is 0 Å². The maximum absolute atomic E-state index is 12.8. The van der Waals surface area contributed by atoms with Gasteiger partial charge in [-0.1, -0.05) is 18.1 Å². The fraction of sp³-hybridized carbons (Fsp3) is 0.438. The number of rotatable bonds is 3. The molecule has 0 aliphatic carbocycles. The molecule has 7 heteroatoms. The fourth-order valence-corrected chi connectivity index (χ4v) is 2.75. The number of aryl methyl sites for hydroxylation is 2. The van der Waals surface area contributed by atoms with Gasteiger partial charge in [0.2, 0.25) is 0 Å². The van der Waals surface area contributed by atoms with Crippen molar-refractivity contribution in [3.05, 3.63) is 40.9 Å². The minimum atomic E-state index is -0.276. The van der Waals surface area contributed by atoms with Gasteiger partial charge in [-0.25, -0.2) is 4.98 Å². The molecular formula is C16H20N4O3. The predicted octanol–water partition coefficient (Wildman–Crippen LogP) is 1.74. The molecule has 0 saturated carbocycles. The molecule has 23 heavy (non-hydrogen) atoms. The van der Waals surface area contributed by atoms with Crippen molar-refractivity contribution in [3.8, 4) is 0 Å². The van der Waals surface area contributed by atoms with Crippen LogP contribution >= 0.6 is 0 Å². The molecule has 7 nitrogen and oxygen atoms in total. The lowest BCUT2D eigenvalue weighted by atomic mass is 10.1. The lowest BCUT2D eigenvalue weighted by Crippen LogP contribution is -2.42. The number of carbonyl (C=O) groups is 1. The highest BCUT2D eigenvalue weighted by Gasteiger charge is 2.30. The Hall–Kier alpha value is -2.41. The van der Waals surface area contributed by atoms with Crippen molar-refractivity contribution >= 4 is 11.7 Å². The van der Waals surface area contributed by atoms with Gasteiger partial charge in [-0.15, -0.1) is 0 Å². The standard InChI is InChI=1S/C16H20N4O3/c1-3-11-15(10(2)23-19-11)16(21)20-7-8-22-13(9-20)12-5-4-6-14(17)18-12/h4-6,13H,3,7-9H2,1-2H3,(H2,17,18)/t13-/m0/s1. The Bertz CT molecular complexity index is 713. The summed E-state index contributed by atoms with van der Waals surface area (Å²) in [4.78, 5) is 18.9. The van der Waals surface area contributed by atoms with Gasteiger partial charge < -0.3 is 19.9 Å². The lowest BCUT2D eigenvalue weighted by molar-refractivity contribution is -0.0247. The number of hydrogen-bond acceptors (Lipinski definition) is 6. The molecule has 2 aromatic heterocycles. The van der Waals surface area contributed by atoms with E-state index in [2.05, 4.69) is 10.1 Å². The molecule has 0 aromatic carbocycles. The second-order valence-electron chi connectivity index (χ2n) is 5.51. The monoisotopic (exact) mass is 316 g/mol. The van der Waals surface area contributed by atoms with E-state index >= 15 is 0 Å². The molecule has 1 saturated heterocycles. The van der Waals surface area contributed by atoms with E-state index < -0.39 is 0 Å². The fourth-order valence-electron chi connectivity index (χ4n) is 2.75. The number of pyridine rings is 1. The number of amides is 1. The van der Waals surface area contributed by atoms with E-state index in [1.807, 2.05) is 19.1 Å². The van der Waals surface area contributed by atoms with Gasteiger partial charge in [0.25, 0.3) is 5.91 Å². The molecule has 0 spiro atoms. The number of hydrogen-bond donors (Lipinski definition) is 1. The molecule has 1 atom stereocenters. The summed E-state index contributed by atoms with van der Waals surface area (Å²) in [5.41, 5.74) is 7.72. The zero-order valence-electron chi connectivity index (χ0n) is 13.3. The second kappa shape index (κ2) is 6.37. The maximum Gasteiger partial charge on any atom is 0.259 e. The van der Waals surface area contributed by atoms with Gasteiger partial charge in [-0.2, -0.15) is 0 Å². The molecular weight excluding hydrogens is 296 g/mol. The Morgan fingerprint density at radius 2 is 2.30 bits per heavy atom. The van der Waals surface area contributed by atoms with Crippen LogP contribution in [0.15, 0.2) is 22.7 Å². The summed E-state index contributed by atoms with van der Waals surface area (Å²) in [6.45, 7) is 5.14. The van der Waals surface area contributed by atoms with Gasteiger partial charge in [0.15, 0.2) is 0 Å². The van der Waals surface area contributed by atoms with Crippen molar-refractivity contribution in [2.45, 2.75) is 26.4 Å². The molecule has 1 amide bonds. The molecule has 0 radical (unpaired) electrons. The first-order valence-electron chi connectivity index (χ1n) is 7.68. The van der Waals surface area contributed by atoms with Crippen LogP contribution in [0.1, 0.15) is 40.5 Å². The van der Waals surface area contributed by atoms with Crippen molar-refractivity contribution in [3.63, 3.8) is 0 Å². The quantitative estimate of drug-likeness (QED) is 0.927. The topological polar surface area (TPSA) is 94.5 Å². The first kappa shape index (κ1) is 15.5. The van der Waals surface area contributed by atoms with Gasteiger partial charge in [0, 0.05) is 6.54 Å². The highest BCUT2D eigenvalue weighted by atomic mass is 16.5. The van der Waals surface area contributed by atoms with Crippen LogP contribution in [0, 0.1) is 6.92 Å². The normalized spacial score (nSPS) is 18.2. The number of nitrogens with zero attached hydrogens (tertiary/aromatic N) is 3. The lowest BCUT2D eigenvalue weighted by Gasteiger charge is -2.32. The van der Waals surface area contributed by atoms with Crippen LogP contribution < -0.4 is 5.73 Å². The zero-order valence-corrected chi connectivity index (χ0v) is 13.3. The molecule has 0 bridgehead atoms. The molecule has 3 rings (SSSR count). The number of nitrogens with two attached hydrogens (primary N) is 1. The SMILES string of the molecule is CCc1noc(C)c1C(=O)N1CCO[C@H](c2cccc(N)n2)C1. The molecule has 1 aliphatic heterocycles. The van der Waals surface area contributed by atoms with Gasteiger partial charge in [-0.3, -0.25) is 4.79 Å². The Morgan fingerprint density at radius 1 is 1.48 bits per heavy atom. The van der Waals surface area contributed by atoms with Crippen LogP contribution in [-0.4, -0.2) is 40.6 Å². The van der Waals surface area contributed by atoms with Crippen molar-refractivity contribution < 1.29 is 14.1 Å². The van der Waals surface area contributed by atoms with Gasteiger partial charge in [0.1, 0.15) is 23.2 Å². The third-order valence-corrected chi connectivity index (χ3v) is 3.96. The van der Waals surface area contributed by atoms with E-state index in [1.165, 1.54) is 0 Å². The molecule has 122 valence electrons. The largest absolute Gasteiger partial charge is 0.384 e. The first-order chi connectivity index (χ1) is 11.1. The molecule has 2 aromatic rings. The van der Waals surface area contributed by atoms with Gasteiger partial charge in [0.05, 0.1) is 24.5 Å². The Kier molecular flexibility index (Phi) is 4.29. The van der Waals surface area contributed by atoms with E-state index in [-0.39, 0.29) is 12.0 Å². The minimum Gasteiger partial charge on any atom is -0.384 e. The highest BCUT2D eigenvalue weighted by molar-refractivity contribution is 5.96. The summed E-state index contributed by atoms with van der Waals surface area (Å²) >= 11 is 0. The number of morpholine rings is 1. The molecule has 3 heterocycles. The van der Waals surface area contributed by atoms with Crippen molar-refractivity contribution in [2.24, 2.45) is 0 Å². The average Bonchev–Trinajstić information content (AvgIpc) is 2.95. The summed E-state index contributed by atoms with van der Waals surface area (Å²) in [5.74, 6) is 0.924. The number of anilines is 1. The van der Waals surface area contributed by atoms with Crippen molar-refractivity contribution in [1.82, 2.24) is 15.0 Å². The number of aromatic nitrogens is 2. The van der Waals surface area contributed by atoms with Crippen LogP contribution in [-0.2, 0) is 11.2 Å². The highest BCUT2D eigenvalue weighted by Crippen LogP contribution is 2.24. The predicted molar refractivity (Wildman–Crippen MR) is 83.9 cm³/mol. The average molecular weight is 316 g/mol.